The van der Waals surface area contributed by atoms with Gasteiger partial charge < -0.3 is 15.3 Å². The first-order chi connectivity index (χ1) is 10.0. The molecule has 2 rings (SSSR count). The molecule has 0 aromatic carbocycles. The van der Waals surface area contributed by atoms with Crippen molar-refractivity contribution < 1.29 is 9.90 Å². The Balaban J connectivity index is 1.95. The molecule has 1 fully saturated rings. The third-order valence-corrected chi connectivity index (χ3v) is 3.89. The lowest BCUT2D eigenvalue weighted by Gasteiger charge is -2.27. The van der Waals surface area contributed by atoms with Crippen LogP contribution < -0.4 is 10.2 Å². The molecule has 21 heavy (non-hydrogen) atoms. The highest BCUT2D eigenvalue weighted by Crippen LogP contribution is 2.23. The average molecular weight is 292 g/mol. The van der Waals surface area contributed by atoms with Crippen molar-refractivity contribution in [3.8, 4) is 0 Å². The zero-order valence-corrected chi connectivity index (χ0v) is 12.7. The van der Waals surface area contributed by atoms with Crippen molar-refractivity contribution >= 4 is 11.9 Å². The molecule has 2 N–H and O–H groups in total. The van der Waals surface area contributed by atoms with E-state index in [-0.39, 0.29) is 24.0 Å². The number of aliphatic hydroxyl groups excluding tert-OH is 1. The Morgan fingerprint density at radius 1 is 1.48 bits per heavy atom. The van der Waals surface area contributed by atoms with Crippen molar-refractivity contribution in [3.05, 3.63) is 18.5 Å². The Labute approximate surface area is 125 Å². The minimum Gasteiger partial charge on any atom is -0.396 e. The maximum absolute atomic E-state index is 12.4. The highest BCUT2D eigenvalue weighted by molar-refractivity contribution is 5.85. The highest BCUT2D eigenvalue weighted by atomic mass is 16.3. The predicted molar refractivity (Wildman–Crippen MR) is 80.9 cm³/mol. The predicted octanol–water partition coefficient (Wildman–Crippen LogP) is 0.970. The lowest BCUT2D eigenvalue weighted by Crippen LogP contribution is -2.46. The number of hydrogen-bond acceptors (Lipinski definition) is 5. The van der Waals surface area contributed by atoms with Crippen molar-refractivity contribution in [2.75, 3.05) is 24.6 Å². The van der Waals surface area contributed by atoms with Crippen LogP contribution in [0.4, 0.5) is 5.95 Å². The molecule has 6 nitrogen and oxygen atoms in total. The van der Waals surface area contributed by atoms with Crippen LogP contribution >= 0.6 is 0 Å². The topological polar surface area (TPSA) is 78.4 Å². The van der Waals surface area contributed by atoms with Gasteiger partial charge in [-0.2, -0.15) is 0 Å². The second-order valence-electron chi connectivity index (χ2n) is 6.26. The molecule has 1 atom stereocenters. The monoisotopic (exact) mass is 292 g/mol. The first-order valence-electron chi connectivity index (χ1n) is 7.46. The van der Waals surface area contributed by atoms with Gasteiger partial charge in [0.25, 0.3) is 0 Å². The summed E-state index contributed by atoms with van der Waals surface area (Å²) in [5, 5.41) is 12.0. The molecule has 2 heterocycles. The van der Waals surface area contributed by atoms with Crippen LogP contribution in [0.2, 0.25) is 0 Å². The van der Waals surface area contributed by atoms with Crippen molar-refractivity contribution in [2.24, 2.45) is 5.41 Å². The third-order valence-electron chi connectivity index (χ3n) is 3.89. The molecule has 1 saturated heterocycles. The molecule has 0 aliphatic carbocycles. The number of anilines is 1. The first-order valence-corrected chi connectivity index (χ1v) is 7.46. The van der Waals surface area contributed by atoms with Crippen LogP contribution in [0.25, 0.3) is 0 Å². The zero-order chi connectivity index (χ0) is 15.3. The van der Waals surface area contributed by atoms with Crippen LogP contribution in [-0.4, -0.2) is 46.7 Å². The van der Waals surface area contributed by atoms with E-state index in [1.54, 1.807) is 18.5 Å². The molecule has 6 heteroatoms. The van der Waals surface area contributed by atoms with Gasteiger partial charge in [0.2, 0.25) is 11.9 Å². The molecule has 0 bridgehead atoms. The van der Waals surface area contributed by atoms with E-state index >= 15 is 0 Å². The van der Waals surface area contributed by atoms with Gasteiger partial charge in [0.15, 0.2) is 0 Å². The van der Waals surface area contributed by atoms with E-state index in [0.717, 1.165) is 19.4 Å². The minimum absolute atomic E-state index is 0.0194. The summed E-state index contributed by atoms with van der Waals surface area (Å²) >= 11 is 0. The second-order valence-corrected chi connectivity index (χ2v) is 6.26. The largest absolute Gasteiger partial charge is 0.396 e. The maximum atomic E-state index is 12.4. The van der Waals surface area contributed by atoms with Gasteiger partial charge in [0.1, 0.15) is 6.04 Å². The van der Waals surface area contributed by atoms with Gasteiger partial charge in [-0.3, -0.25) is 4.79 Å². The van der Waals surface area contributed by atoms with E-state index in [1.807, 2.05) is 18.7 Å². The summed E-state index contributed by atoms with van der Waals surface area (Å²) < 4.78 is 0. The summed E-state index contributed by atoms with van der Waals surface area (Å²) in [4.78, 5) is 22.8. The molecule has 1 aliphatic heterocycles. The van der Waals surface area contributed by atoms with Gasteiger partial charge in [-0.15, -0.1) is 0 Å². The van der Waals surface area contributed by atoms with E-state index in [1.165, 1.54) is 0 Å². The lowest BCUT2D eigenvalue weighted by molar-refractivity contribution is -0.122. The van der Waals surface area contributed by atoms with Crippen molar-refractivity contribution in [1.29, 1.82) is 0 Å². The summed E-state index contributed by atoms with van der Waals surface area (Å²) in [6, 6.07) is 1.57. The Hall–Kier alpha value is -1.69. The Morgan fingerprint density at radius 3 is 2.86 bits per heavy atom. The Kier molecular flexibility index (Phi) is 5.12. The number of aliphatic hydroxyl groups is 1. The van der Waals surface area contributed by atoms with E-state index < -0.39 is 0 Å². The van der Waals surface area contributed by atoms with Gasteiger partial charge in [-0.1, -0.05) is 13.8 Å². The van der Waals surface area contributed by atoms with Crippen LogP contribution in [0.5, 0.6) is 0 Å². The lowest BCUT2D eigenvalue weighted by atomic mass is 9.89. The minimum atomic E-state index is -0.197. The van der Waals surface area contributed by atoms with Crippen molar-refractivity contribution in [2.45, 2.75) is 39.2 Å². The van der Waals surface area contributed by atoms with Gasteiger partial charge >= 0.3 is 0 Å². The fraction of sp³-hybridized carbons (Fsp3) is 0.667. The quantitative estimate of drug-likeness (QED) is 0.817. The smallest absolute Gasteiger partial charge is 0.242 e. The Morgan fingerprint density at radius 2 is 2.19 bits per heavy atom. The van der Waals surface area contributed by atoms with E-state index in [0.29, 0.717) is 18.9 Å². The van der Waals surface area contributed by atoms with Crippen LogP contribution in [0.15, 0.2) is 18.5 Å². The molecule has 1 aliphatic rings. The maximum Gasteiger partial charge on any atom is 0.242 e. The molecule has 116 valence electrons. The number of amides is 1. The average Bonchev–Trinajstić information content (AvgIpc) is 2.95. The summed E-state index contributed by atoms with van der Waals surface area (Å²) in [6.07, 6.45) is 5.85. The summed E-state index contributed by atoms with van der Waals surface area (Å²) in [5.41, 5.74) is -0.100. The van der Waals surface area contributed by atoms with Crippen LogP contribution in [0.3, 0.4) is 0 Å². The normalized spacial score (nSPS) is 18.8. The fourth-order valence-corrected chi connectivity index (χ4v) is 2.55. The van der Waals surface area contributed by atoms with Gasteiger partial charge in [-0.05, 0) is 30.7 Å². The molecule has 1 aromatic rings. The summed E-state index contributed by atoms with van der Waals surface area (Å²) in [5.74, 6) is 0.635. The van der Waals surface area contributed by atoms with Crippen LogP contribution in [0, 0.1) is 5.41 Å². The zero-order valence-electron chi connectivity index (χ0n) is 12.7. The summed E-state index contributed by atoms with van der Waals surface area (Å²) in [6.45, 7) is 5.58. The number of hydrogen-bond donors (Lipinski definition) is 2. The van der Waals surface area contributed by atoms with E-state index in [4.69, 9.17) is 5.11 Å². The van der Waals surface area contributed by atoms with Gasteiger partial charge in [0, 0.05) is 32.1 Å². The van der Waals surface area contributed by atoms with Crippen LogP contribution in [0.1, 0.15) is 33.1 Å². The standard InChI is InChI=1S/C15H24N4O2/c1-15(2,6-10-20)11-18-13(21)12-5-3-9-19(12)14-16-7-4-8-17-14/h4,7-8,12,20H,3,5-6,9-11H2,1-2H3,(H,18,21). The molecule has 1 amide bonds. The molecular weight excluding hydrogens is 268 g/mol. The highest BCUT2D eigenvalue weighted by Gasteiger charge is 2.33. The number of nitrogens with one attached hydrogen (secondary N) is 1. The van der Waals surface area contributed by atoms with Gasteiger partial charge in [0.05, 0.1) is 0 Å². The van der Waals surface area contributed by atoms with E-state index in [2.05, 4.69) is 15.3 Å². The third kappa shape index (κ3) is 4.14. The van der Waals surface area contributed by atoms with Crippen molar-refractivity contribution in [1.82, 2.24) is 15.3 Å². The van der Waals surface area contributed by atoms with Gasteiger partial charge in [-0.25, -0.2) is 9.97 Å². The SMILES string of the molecule is CC(C)(CCO)CNC(=O)C1CCCN1c1ncccn1. The first kappa shape index (κ1) is 15.7. The van der Waals surface area contributed by atoms with Crippen molar-refractivity contribution in [3.63, 3.8) is 0 Å². The molecule has 0 saturated carbocycles. The molecule has 0 radical (unpaired) electrons. The molecule has 0 spiro atoms. The molecular formula is C15H24N4O2. The molecule has 1 unspecified atom stereocenters. The fourth-order valence-electron chi connectivity index (χ4n) is 2.55. The second kappa shape index (κ2) is 6.85. The summed E-state index contributed by atoms with van der Waals surface area (Å²) in [7, 11) is 0. The van der Waals surface area contributed by atoms with Crippen LogP contribution in [-0.2, 0) is 4.79 Å². The number of rotatable bonds is 6. The number of carbonyl (C=O) groups is 1. The number of aromatic nitrogens is 2. The number of nitrogens with zero attached hydrogens (tertiary/aromatic N) is 3. The molecule has 1 aromatic heterocycles. The Bertz CT molecular complexity index is 464. The van der Waals surface area contributed by atoms with E-state index in [9.17, 15) is 4.79 Å². The number of carbonyl (C=O) groups excluding carboxylic acids is 1.